The summed E-state index contributed by atoms with van der Waals surface area (Å²) in [7, 11) is 0. The van der Waals surface area contributed by atoms with Crippen LogP contribution in [0, 0.1) is 0 Å². The second-order valence-electron chi connectivity index (χ2n) is 5.08. The van der Waals surface area contributed by atoms with Gasteiger partial charge in [0.2, 0.25) is 0 Å². The van der Waals surface area contributed by atoms with Gasteiger partial charge in [-0.2, -0.15) is 5.10 Å². The van der Waals surface area contributed by atoms with Gasteiger partial charge in [-0.05, 0) is 18.2 Å². The van der Waals surface area contributed by atoms with E-state index in [1.807, 2.05) is 18.2 Å². The Morgan fingerprint density at radius 1 is 1.23 bits per heavy atom. The molecule has 0 bridgehead atoms. The van der Waals surface area contributed by atoms with Crippen LogP contribution in [-0.4, -0.2) is 46.5 Å². The van der Waals surface area contributed by atoms with Crippen LogP contribution in [0.4, 0.5) is 5.82 Å². The summed E-state index contributed by atoms with van der Waals surface area (Å²) < 4.78 is 5.39. The van der Waals surface area contributed by atoms with Crippen LogP contribution in [-0.2, 0) is 4.74 Å². The van der Waals surface area contributed by atoms with Crippen LogP contribution in [0.3, 0.4) is 0 Å². The molecular weight excluding hydrogens is 302 g/mol. The SMILES string of the molecule is Clc1cc(N2CCOCC2)nc2c(-c3cc[nH]n3)nccc12. The summed E-state index contributed by atoms with van der Waals surface area (Å²) in [5, 5.41) is 8.57. The molecule has 0 radical (unpaired) electrons. The first-order chi connectivity index (χ1) is 10.8. The van der Waals surface area contributed by atoms with Crippen molar-refractivity contribution in [3.8, 4) is 11.4 Å². The molecule has 3 aromatic heterocycles. The number of hydrogen-bond acceptors (Lipinski definition) is 5. The highest BCUT2D eigenvalue weighted by Gasteiger charge is 2.17. The monoisotopic (exact) mass is 315 g/mol. The predicted molar refractivity (Wildman–Crippen MR) is 85.2 cm³/mol. The lowest BCUT2D eigenvalue weighted by molar-refractivity contribution is 0.122. The summed E-state index contributed by atoms with van der Waals surface area (Å²) >= 11 is 6.46. The molecule has 4 rings (SSSR count). The van der Waals surface area contributed by atoms with E-state index in [-0.39, 0.29) is 0 Å². The van der Waals surface area contributed by atoms with Gasteiger partial charge in [-0.25, -0.2) is 4.98 Å². The Morgan fingerprint density at radius 2 is 2.09 bits per heavy atom. The number of hydrogen-bond donors (Lipinski definition) is 1. The van der Waals surface area contributed by atoms with Gasteiger partial charge in [-0.15, -0.1) is 0 Å². The highest BCUT2D eigenvalue weighted by molar-refractivity contribution is 6.35. The van der Waals surface area contributed by atoms with Crippen molar-refractivity contribution < 1.29 is 4.74 Å². The second-order valence-corrected chi connectivity index (χ2v) is 5.48. The molecule has 1 saturated heterocycles. The molecule has 0 aromatic carbocycles. The number of fused-ring (bicyclic) bond motifs is 1. The van der Waals surface area contributed by atoms with Gasteiger partial charge in [0.05, 0.1) is 18.2 Å². The Bertz CT molecular complexity index is 799. The Hall–Kier alpha value is -2.18. The lowest BCUT2D eigenvalue weighted by atomic mass is 10.1. The molecule has 0 unspecified atom stereocenters. The second kappa shape index (κ2) is 5.55. The lowest BCUT2D eigenvalue weighted by Crippen LogP contribution is -2.36. The fraction of sp³-hybridized carbons (Fsp3) is 0.267. The zero-order valence-electron chi connectivity index (χ0n) is 11.8. The predicted octanol–water partition coefficient (Wildman–Crippen LogP) is 2.51. The number of ether oxygens (including phenoxy) is 1. The molecule has 112 valence electrons. The fourth-order valence-electron chi connectivity index (χ4n) is 2.63. The summed E-state index contributed by atoms with van der Waals surface area (Å²) in [6.45, 7) is 3.03. The maximum Gasteiger partial charge on any atom is 0.130 e. The van der Waals surface area contributed by atoms with E-state index in [4.69, 9.17) is 21.3 Å². The number of anilines is 1. The maximum atomic E-state index is 6.46. The van der Waals surface area contributed by atoms with Gasteiger partial charge in [0.1, 0.15) is 22.7 Å². The van der Waals surface area contributed by atoms with Crippen LogP contribution in [0.15, 0.2) is 30.6 Å². The van der Waals surface area contributed by atoms with E-state index in [0.717, 1.165) is 41.2 Å². The van der Waals surface area contributed by atoms with E-state index >= 15 is 0 Å². The van der Waals surface area contributed by atoms with E-state index in [0.29, 0.717) is 18.2 Å². The van der Waals surface area contributed by atoms with Crippen molar-refractivity contribution in [2.24, 2.45) is 0 Å². The quantitative estimate of drug-likeness (QED) is 0.787. The van der Waals surface area contributed by atoms with Crippen molar-refractivity contribution in [1.82, 2.24) is 20.2 Å². The zero-order valence-corrected chi connectivity index (χ0v) is 12.5. The van der Waals surface area contributed by atoms with Crippen molar-refractivity contribution in [3.63, 3.8) is 0 Å². The number of nitrogens with zero attached hydrogens (tertiary/aromatic N) is 4. The molecule has 0 atom stereocenters. The van der Waals surface area contributed by atoms with E-state index in [1.165, 1.54) is 0 Å². The molecule has 3 aromatic rings. The first-order valence-corrected chi connectivity index (χ1v) is 7.49. The summed E-state index contributed by atoms with van der Waals surface area (Å²) in [6.07, 6.45) is 3.50. The minimum atomic E-state index is 0.672. The van der Waals surface area contributed by atoms with Crippen molar-refractivity contribution >= 4 is 28.3 Å². The largest absolute Gasteiger partial charge is 0.378 e. The number of rotatable bonds is 2. The van der Waals surface area contributed by atoms with Gasteiger partial charge < -0.3 is 9.64 Å². The molecule has 22 heavy (non-hydrogen) atoms. The highest BCUT2D eigenvalue weighted by Crippen LogP contribution is 2.31. The smallest absolute Gasteiger partial charge is 0.130 e. The number of halogens is 1. The average Bonchev–Trinajstić information content (AvgIpc) is 3.09. The Labute approximate surface area is 132 Å². The number of aromatic nitrogens is 4. The third kappa shape index (κ3) is 2.30. The van der Waals surface area contributed by atoms with E-state index in [9.17, 15) is 0 Å². The Kier molecular flexibility index (Phi) is 3.40. The van der Waals surface area contributed by atoms with Crippen molar-refractivity contribution in [2.75, 3.05) is 31.2 Å². The number of morpholine rings is 1. The topological polar surface area (TPSA) is 66.9 Å². The van der Waals surface area contributed by atoms with Gasteiger partial charge in [0, 0.05) is 30.9 Å². The first-order valence-electron chi connectivity index (χ1n) is 7.11. The van der Waals surface area contributed by atoms with Crippen LogP contribution < -0.4 is 4.90 Å². The third-order valence-corrected chi connectivity index (χ3v) is 4.05. The molecule has 7 heteroatoms. The Balaban J connectivity index is 1.89. The van der Waals surface area contributed by atoms with Gasteiger partial charge in [0.15, 0.2) is 0 Å². The van der Waals surface area contributed by atoms with Crippen LogP contribution >= 0.6 is 11.6 Å². The molecular formula is C15H14ClN5O. The van der Waals surface area contributed by atoms with E-state index < -0.39 is 0 Å². The summed E-state index contributed by atoms with van der Waals surface area (Å²) in [4.78, 5) is 11.4. The van der Waals surface area contributed by atoms with Crippen molar-refractivity contribution in [1.29, 1.82) is 0 Å². The summed E-state index contributed by atoms with van der Waals surface area (Å²) in [5.41, 5.74) is 2.26. The maximum absolute atomic E-state index is 6.46. The van der Waals surface area contributed by atoms with Gasteiger partial charge >= 0.3 is 0 Å². The molecule has 1 N–H and O–H groups in total. The summed E-state index contributed by atoms with van der Waals surface area (Å²) in [6, 6.07) is 5.66. The zero-order chi connectivity index (χ0) is 14.9. The molecule has 4 heterocycles. The number of H-pyrrole nitrogens is 1. The molecule has 0 aliphatic carbocycles. The number of nitrogens with one attached hydrogen (secondary N) is 1. The molecule has 1 aliphatic heterocycles. The fourth-order valence-corrected chi connectivity index (χ4v) is 2.88. The standard InChI is InChI=1S/C15H14ClN5O/c16-11-9-13(21-5-7-22-8-6-21)19-14-10(11)1-3-17-15(14)12-2-4-18-20-12/h1-4,9H,5-8H2,(H,18,20). The molecule has 1 aliphatic rings. The van der Waals surface area contributed by atoms with Crippen LogP contribution in [0.2, 0.25) is 5.02 Å². The van der Waals surface area contributed by atoms with Gasteiger partial charge in [0.25, 0.3) is 0 Å². The summed E-state index contributed by atoms with van der Waals surface area (Å²) in [5.74, 6) is 0.852. The highest BCUT2D eigenvalue weighted by atomic mass is 35.5. The van der Waals surface area contributed by atoms with Crippen molar-refractivity contribution in [2.45, 2.75) is 0 Å². The van der Waals surface area contributed by atoms with Gasteiger partial charge in [-0.3, -0.25) is 10.1 Å². The lowest BCUT2D eigenvalue weighted by Gasteiger charge is -2.28. The average molecular weight is 316 g/mol. The molecule has 0 spiro atoms. The van der Waals surface area contributed by atoms with Crippen molar-refractivity contribution in [3.05, 3.63) is 35.6 Å². The van der Waals surface area contributed by atoms with Crippen LogP contribution in [0.1, 0.15) is 0 Å². The minimum absolute atomic E-state index is 0.672. The molecule has 1 fully saturated rings. The van der Waals surface area contributed by atoms with E-state index in [1.54, 1.807) is 12.4 Å². The molecule has 0 amide bonds. The molecule has 0 saturated carbocycles. The molecule has 6 nitrogen and oxygen atoms in total. The normalized spacial score (nSPS) is 15.4. The number of aromatic amines is 1. The number of pyridine rings is 2. The first kappa shape index (κ1) is 13.5. The van der Waals surface area contributed by atoms with Crippen LogP contribution in [0.25, 0.3) is 22.3 Å². The van der Waals surface area contributed by atoms with E-state index in [2.05, 4.69) is 20.1 Å². The Morgan fingerprint density at radius 3 is 2.86 bits per heavy atom. The third-order valence-electron chi connectivity index (χ3n) is 3.74. The minimum Gasteiger partial charge on any atom is -0.378 e. The van der Waals surface area contributed by atoms with Gasteiger partial charge in [-0.1, -0.05) is 11.6 Å². The van der Waals surface area contributed by atoms with Crippen LogP contribution in [0.5, 0.6) is 0 Å².